The van der Waals surface area contributed by atoms with Crippen LogP contribution in [0.3, 0.4) is 0 Å². The Bertz CT molecular complexity index is 433. The lowest BCUT2D eigenvalue weighted by Crippen LogP contribution is -2.14. The smallest absolute Gasteiger partial charge is 0.267 e. The Balaban J connectivity index is 3.15. The summed E-state index contributed by atoms with van der Waals surface area (Å²) in [7, 11) is 1.85. The summed E-state index contributed by atoms with van der Waals surface area (Å²) < 4.78 is 25.4. The molecule has 0 bridgehead atoms. The Morgan fingerprint density at radius 2 is 2.06 bits per heavy atom. The van der Waals surface area contributed by atoms with Gasteiger partial charge in [0.25, 0.3) is 6.43 Å². The lowest BCUT2D eigenvalue weighted by atomic mass is 10.1. The normalized spacial score (nSPS) is 11.4. The van der Waals surface area contributed by atoms with Gasteiger partial charge in [0.15, 0.2) is 0 Å². The molecule has 1 aromatic carbocycles. The average molecular weight is 256 g/mol. The van der Waals surface area contributed by atoms with Crippen LogP contribution < -0.4 is 0 Å². The predicted octanol–water partition coefficient (Wildman–Crippen LogP) is 3.50. The highest BCUT2D eigenvalue weighted by Gasteiger charge is 2.15. The van der Waals surface area contributed by atoms with Crippen molar-refractivity contribution >= 4 is 12.0 Å². The summed E-state index contributed by atoms with van der Waals surface area (Å²) in [6.45, 7) is 4.64. The van der Waals surface area contributed by atoms with Gasteiger partial charge in [0.05, 0.1) is 17.6 Å². The highest BCUT2D eigenvalue weighted by molar-refractivity contribution is 5.65. The molecule has 1 rings (SSSR count). The second-order valence-electron chi connectivity index (χ2n) is 4.01. The first-order valence-electron chi connectivity index (χ1n) is 5.87. The van der Waals surface area contributed by atoms with Crippen molar-refractivity contribution in [2.45, 2.75) is 26.7 Å². The standard InChI is InChI=1S/C13H18F2N2O/c1-4-9-6-12(18)10(13(14)15)7-11(9)16-8-17(3)5-2/h6-8,13,18H,4-5H2,1-3H3. The fraction of sp³-hybridized carbons (Fsp3) is 0.462. The Labute approximate surface area is 106 Å². The lowest BCUT2D eigenvalue weighted by Gasteiger charge is -2.11. The number of rotatable bonds is 5. The fourth-order valence-electron chi connectivity index (χ4n) is 1.46. The zero-order valence-electron chi connectivity index (χ0n) is 10.8. The molecule has 1 aromatic rings. The maximum Gasteiger partial charge on any atom is 0.267 e. The Kier molecular flexibility index (Phi) is 5.07. The molecular weight excluding hydrogens is 238 g/mol. The minimum absolute atomic E-state index is 0.371. The van der Waals surface area contributed by atoms with Crippen molar-refractivity contribution in [1.29, 1.82) is 0 Å². The molecule has 0 saturated carbocycles. The molecule has 1 N–H and O–H groups in total. The van der Waals surface area contributed by atoms with Crippen molar-refractivity contribution < 1.29 is 13.9 Å². The molecule has 100 valence electrons. The third-order valence-electron chi connectivity index (χ3n) is 2.74. The third-order valence-corrected chi connectivity index (χ3v) is 2.74. The molecule has 3 nitrogen and oxygen atoms in total. The van der Waals surface area contributed by atoms with Crippen LogP contribution in [0, 0.1) is 0 Å². The minimum Gasteiger partial charge on any atom is -0.507 e. The number of nitrogens with zero attached hydrogens (tertiary/aromatic N) is 2. The van der Waals surface area contributed by atoms with Gasteiger partial charge in [0.1, 0.15) is 5.75 Å². The average Bonchev–Trinajstić information content (AvgIpc) is 2.35. The molecule has 5 heteroatoms. The number of alkyl halides is 2. The number of phenols is 1. The first kappa shape index (κ1) is 14.4. The van der Waals surface area contributed by atoms with E-state index in [2.05, 4.69) is 4.99 Å². The quantitative estimate of drug-likeness (QED) is 0.646. The van der Waals surface area contributed by atoms with E-state index in [-0.39, 0.29) is 11.3 Å². The maximum atomic E-state index is 12.7. The summed E-state index contributed by atoms with van der Waals surface area (Å²) in [5, 5.41) is 9.50. The topological polar surface area (TPSA) is 35.8 Å². The van der Waals surface area contributed by atoms with Crippen LogP contribution in [-0.4, -0.2) is 29.9 Å². The molecule has 0 saturated heterocycles. The maximum absolute atomic E-state index is 12.7. The first-order chi connectivity index (χ1) is 8.49. The summed E-state index contributed by atoms with van der Waals surface area (Å²) in [5.41, 5.74) is 0.849. The van der Waals surface area contributed by atoms with Crippen LogP contribution >= 0.6 is 0 Å². The van der Waals surface area contributed by atoms with Gasteiger partial charge in [-0.25, -0.2) is 13.8 Å². The van der Waals surface area contributed by atoms with Crippen molar-refractivity contribution in [1.82, 2.24) is 4.90 Å². The summed E-state index contributed by atoms with van der Waals surface area (Å²) in [6.07, 6.45) is -0.478. The van der Waals surface area contributed by atoms with E-state index < -0.39 is 6.43 Å². The summed E-state index contributed by atoms with van der Waals surface area (Å²) in [4.78, 5) is 6.03. The fourth-order valence-corrected chi connectivity index (χ4v) is 1.46. The van der Waals surface area contributed by atoms with Gasteiger partial charge in [-0.1, -0.05) is 6.92 Å². The van der Waals surface area contributed by atoms with E-state index in [0.717, 1.165) is 12.1 Å². The molecule has 0 aliphatic rings. The number of halogens is 2. The van der Waals surface area contributed by atoms with E-state index in [4.69, 9.17) is 0 Å². The van der Waals surface area contributed by atoms with Gasteiger partial charge in [-0.2, -0.15) is 0 Å². The summed E-state index contributed by atoms with van der Waals surface area (Å²) in [5.74, 6) is -0.371. The Morgan fingerprint density at radius 1 is 1.39 bits per heavy atom. The van der Waals surface area contributed by atoms with Crippen LogP contribution in [0.4, 0.5) is 14.5 Å². The summed E-state index contributed by atoms with van der Waals surface area (Å²) >= 11 is 0. The van der Waals surface area contributed by atoms with Gasteiger partial charge >= 0.3 is 0 Å². The molecule has 0 atom stereocenters. The number of aliphatic imine (C=N–C) groups is 1. The Hall–Kier alpha value is -1.65. The largest absolute Gasteiger partial charge is 0.507 e. The Morgan fingerprint density at radius 3 is 2.56 bits per heavy atom. The molecule has 0 aliphatic heterocycles. The number of aryl methyl sites for hydroxylation is 1. The monoisotopic (exact) mass is 256 g/mol. The second-order valence-corrected chi connectivity index (χ2v) is 4.01. The van der Waals surface area contributed by atoms with Crippen molar-refractivity contribution in [3.8, 4) is 5.75 Å². The molecule has 0 aromatic heterocycles. The van der Waals surface area contributed by atoms with Crippen molar-refractivity contribution in [3.63, 3.8) is 0 Å². The third kappa shape index (κ3) is 3.42. The molecule has 0 aliphatic carbocycles. The van der Waals surface area contributed by atoms with Gasteiger partial charge in [-0.3, -0.25) is 0 Å². The molecular formula is C13H18F2N2O. The molecule has 0 spiro atoms. The number of benzene rings is 1. The van der Waals surface area contributed by atoms with E-state index in [0.29, 0.717) is 12.1 Å². The molecule has 0 fully saturated rings. The van der Waals surface area contributed by atoms with Gasteiger partial charge in [-0.05, 0) is 31.0 Å². The predicted molar refractivity (Wildman–Crippen MR) is 68.9 cm³/mol. The molecule has 18 heavy (non-hydrogen) atoms. The second kappa shape index (κ2) is 6.33. The molecule has 0 heterocycles. The summed E-state index contributed by atoms with van der Waals surface area (Å²) in [6, 6.07) is 2.61. The van der Waals surface area contributed by atoms with Crippen molar-refractivity contribution in [2.75, 3.05) is 13.6 Å². The van der Waals surface area contributed by atoms with Gasteiger partial charge in [0, 0.05) is 13.6 Å². The SMILES string of the molecule is CCc1cc(O)c(C(F)F)cc1N=CN(C)CC. The van der Waals surface area contributed by atoms with Gasteiger partial charge in [0.2, 0.25) is 0 Å². The molecule has 0 amide bonds. The lowest BCUT2D eigenvalue weighted by molar-refractivity contribution is 0.147. The molecule has 0 unspecified atom stereocenters. The van der Waals surface area contributed by atoms with Crippen molar-refractivity contribution in [3.05, 3.63) is 23.3 Å². The van der Waals surface area contributed by atoms with E-state index in [1.54, 1.807) is 6.34 Å². The van der Waals surface area contributed by atoms with Crippen LogP contribution in [-0.2, 0) is 6.42 Å². The van der Waals surface area contributed by atoms with Crippen LogP contribution in [0.5, 0.6) is 5.75 Å². The van der Waals surface area contributed by atoms with Gasteiger partial charge in [-0.15, -0.1) is 0 Å². The number of aromatic hydroxyl groups is 1. The van der Waals surface area contributed by atoms with Crippen LogP contribution in [0.25, 0.3) is 0 Å². The van der Waals surface area contributed by atoms with Crippen molar-refractivity contribution in [2.24, 2.45) is 4.99 Å². The van der Waals surface area contributed by atoms with E-state index in [9.17, 15) is 13.9 Å². The zero-order valence-corrected chi connectivity index (χ0v) is 10.8. The molecule has 0 radical (unpaired) electrons. The van der Waals surface area contributed by atoms with Crippen LogP contribution in [0.15, 0.2) is 17.1 Å². The minimum atomic E-state index is -2.70. The van der Waals surface area contributed by atoms with Crippen LogP contribution in [0.1, 0.15) is 31.4 Å². The van der Waals surface area contributed by atoms with E-state index in [1.807, 2.05) is 25.8 Å². The number of hydrogen-bond acceptors (Lipinski definition) is 2. The highest BCUT2D eigenvalue weighted by atomic mass is 19.3. The highest BCUT2D eigenvalue weighted by Crippen LogP contribution is 2.34. The number of phenolic OH excluding ortho intramolecular Hbond substituents is 1. The van der Waals surface area contributed by atoms with E-state index in [1.165, 1.54) is 12.1 Å². The first-order valence-corrected chi connectivity index (χ1v) is 5.87. The zero-order chi connectivity index (χ0) is 13.7. The van der Waals surface area contributed by atoms with Gasteiger partial charge < -0.3 is 10.0 Å². The number of hydrogen-bond donors (Lipinski definition) is 1. The van der Waals surface area contributed by atoms with Crippen LogP contribution in [0.2, 0.25) is 0 Å². The van der Waals surface area contributed by atoms with E-state index >= 15 is 0 Å².